The van der Waals surface area contributed by atoms with E-state index in [1.807, 2.05) is 0 Å². The summed E-state index contributed by atoms with van der Waals surface area (Å²) in [5.74, 6) is 0.555. The highest BCUT2D eigenvalue weighted by atomic mass is 16.1. The fourth-order valence-corrected chi connectivity index (χ4v) is 1.73. The number of hydrogen-bond acceptors (Lipinski definition) is 2. The van der Waals surface area contributed by atoms with E-state index in [0.29, 0.717) is 5.92 Å². The van der Waals surface area contributed by atoms with E-state index in [2.05, 4.69) is 19.1 Å². The predicted octanol–water partition coefficient (Wildman–Crippen LogP) is 1.65. The van der Waals surface area contributed by atoms with Crippen molar-refractivity contribution in [2.45, 2.75) is 38.6 Å². The van der Waals surface area contributed by atoms with Gasteiger partial charge >= 0.3 is 0 Å². The molecule has 0 aliphatic heterocycles. The molecule has 0 aromatic carbocycles. The quantitative estimate of drug-likeness (QED) is 0.603. The lowest BCUT2D eigenvalue weighted by Gasteiger charge is -2.26. The van der Waals surface area contributed by atoms with Gasteiger partial charge in [0.15, 0.2) is 0 Å². The molecule has 0 amide bonds. The van der Waals surface area contributed by atoms with E-state index < -0.39 is 5.54 Å². The van der Waals surface area contributed by atoms with E-state index in [4.69, 9.17) is 5.73 Å². The van der Waals surface area contributed by atoms with Crippen LogP contribution in [0.3, 0.4) is 0 Å². The van der Waals surface area contributed by atoms with Crippen LogP contribution in [0.15, 0.2) is 12.2 Å². The van der Waals surface area contributed by atoms with Gasteiger partial charge in [0, 0.05) is 0 Å². The number of rotatable bonds is 1. The van der Waals surface area contributed by atoms with Crippen LogP contribution in [-0.4, -0.2) is 11.3 Å². The Morgan fingerprint density at radius 1 is 1.67 bits per heavy atom. The summed E-state index contributed by atoms with van der Waals surface area (Å²) < 4.78 is 0. The molecule has 0 spiro atoms. The van der Waals surface area contributed by atoms with Gasteiger partial charge in [-0.25, -0.2) is 0 Å². The minimum Gasteiger partial charge on any atom is -0.319 e. The zero-order chi connectivity index (χ0) is 9.19. The molecule has 1 rings (SSSR count). The second-order valence-corrected chi connectivity index (χ2v) is 3.86. The fraction of sp³-hybridized carbons (Fsp3) is 0.700. The summed E-state index contributed by atoms with van der Waals surface area (Å²) in [5, 5.41) is 0. The summed E-state index contributed by atoms with van der Waals surface area (Å²) in [6.45, 7) is 3.70. The first-order valence-electron chi connectivity index (χ1n) is 4.51. The number of carbonyl (C=O) groups is 1. The van der Waals surface area contributed by atoms with Crippen molar-refractivity contribution >= 4 is 5.78 Å². The molecule has 0 saturated heterocycles. The first-order valence-corrected chi connectivity index (χ1v) is 4.51. The van der Waals surface area contributed by atoms with Gasteiger partial charge in [-0.3, -0.25) is 4.79 Å². The molecule has 0 fully saturated rings. The lowest BCUT2D eigenvalue weighted by atomic mass is 9.84. The van der Waals surface area contributed by atoms with Crippen LogP contribution >= 0.6 is 0 Å². The topological polar surface area (TPSA) is 43.1 Å². The van der Waals surface area contributed by atoms with Gasteiger partial charge in [-0.1, -0.05) is 19.1 Å². The minimum absolute atomic E-state index is 0.123. The number of hydrogen-bond donors (Lipinski definition) is 1. The van der Waals surface area contributed by atoms with Gasteiger partial charge in [-0.15, -0.1) is 0 Å². The molecule has 0 aromatic rings. The van der Waals surface area contributed by atoms with E-state index in [-0.39, 0.29) is 5.78 Å². The lowest BCUT2D eigenvalue weighted by Crippen LogP contribution is -2.47. The van der Waals surface area contributed by atoms with Gasteiger partial charge in [-0.05, 0) is 32.1 Å². The van der Waals surface area contributed by atoms with E-state index in [9.17, 15) is 4.79 Å². The third kappa shape index (κ3) is 1.95. The van der Waals surface area contributed by atoms with Crippen LogP contribution in [0.4, 0.5) is 0 Å². The number of allylic oxidation sites excluding steroid dienone is 2. The van der Waals surface area contributed by atoms with Gasteiger partial charge in [-0.2, -0.15) is 0 Å². The molecule has 0 aromatic heterocycles. The Labute approximate surface area is 73.8 Å². The highest BCUT2D eigenvalue weighted by Gasteiger charge is 2.31. The number of carbonyl (C=O) groups excluding carboxylic acids is 1. The largest absolute Gasteiger partial charge is 0.319 e. The average molecular weight is 167 g/mol. The van der Waals surface area contributed by atoms with Gasteiger partial charge in [0.2, 0.25) is 0 Å². The van der Waals surface area contributed by atoms with Crippen LogP contribution in [0.25, 0.3) is 0 Å². The first-order chi connectivity index (χ1) is 5.54. The molecular formula is C10H17NO. The Morgan fingerprint density at radius 2 is 2.33 bits per heavy atom. The molecule has 0 bridgehead atoms. The van der Waals surface area contributed by atoms with Crippen LogP contribution in [-0.2, 0) is 4.79 Å². The van der Waals surface area contributed by atoms with Gasteiger partial charge < -0.3 is 5.73 Å². The van der Waals surface area contributed by atoms with Crippen molar-refractivity contribution in [2.75, 3.05) is 0 Å². The Morgan fingerprint density at radius 3 is 2.92 bits per heavy atom. The van der Waals surface area contributed by atoms with Crippen molar-refractivity contribution in [3.05, 3.63) is 12.2 Å². The summed E-state index contributed by atoms with van der Waals surface area (Å²) >= 11 is 0. The standard InChI is InChI=1S/C10H17NO/c1-8-5-3-4-6-10(11,7-8)9(2)12/h3,5,8H,4,6-7,11H2,1-2H3/t8?,10-/m0/s1. The maximum atomic E-state index is 11.3. The second kappa shape index (κ2) is 3.40. The van der Waals surface area contributed by atoms with Crippen LogP contribution in [0.2, 0.25) is 0 Å². The van der Waals surface area contributed by atoms with Crippen molar-refractivity contribution in [3.63, 3.8) is 0 Å². The fourth-order valence-electron chi connectivity index (χ4n) is 1.73. The number of nitrogens with two attached hydrogens (primary N) is 1. The molecule has 1 aliphatic carbocycles. The zero-order valence-corrected chi connectivity index (χ0v) is 7.84. The second-order valence-electron chi connectivity index (χ2n) is 3.86. The van der Waals surface area contributed by atoms with Crippen molar-refractivity contribution < 1.29 is 4.79 Å². The van der Waals surface area contributed by atoms with Crippen LogP contribution in [0, 0.1) is 5.92 Å². The highest BCUT2D eigenvalue weighted by Crippen LogP contribution is 2.25. The molecule has 0 saturated carbocycles. The van der Waals surface area contributed by atoms with E-state index in [1.54, 1.807) is 6.92 Å². The zero-order valence-electron chi connectivity index (χ0n) is 7.84. The third-order valence-electron chi connectivity index (χ3n) is 2.61. The number of Topliss-reactive ketones (excluding diaryl/α,β-unsaturated/α-hetero) is 1. The molecule has 2 nitrogen and oxygen atoms in total. The smallest absolute Gasteiger partial charge is 0.149 e. The molecule has 1 aliphatic rings. The SMILES string of the molecule is CC(=O)[C@]1(N)CCC=CC(C)C1. The van der Waals surface area contributed by atoms with Crippen molar-refractivity contribution in [2.24, 2.45) is 11.7 Å². The molecular weight excluding hydrogens is 150 g/mol. The molecule has 12 heavy (non-hydrogen) atoms. The molecule has 1 unspecified atom stereocenters. The maximum absolute atomic E-state index is 11.3. The van der Waals surface area contributed by atoms with Crippen LogP contribution in [0.1, 0.15) is 33.1 Å². The molecule has 2 heteroatoms. The molecule has 2 atom stereocenters. The summed E-state index contributed by atoms with van der Waals surface area (Å²) in [6, 6.07) is 0. The normalized spacial score (nSPS) is 36.1. The first kappa shape index (κ1) is 9.46. The van der Waals surface area contributed by atoms with E-state index in [0.717, 1.165) is 19.3 Å². The predicted molar refractivity (Wildman–Crippen MR) is 49.8 cm³/mol. The van der Waals surface area contributed by atoms with Crippen LogP contribution < -0.4 is 5.73 Å². The summed E-state index contributed by atoms with van der Waals surface area (Å²) in [5.41, 5.74) is 5.44. The van der Waals surface area contributed by atoms with Gasteiger partial charge in [0.25, 0.3) is 0 Å². The summed E-state index contributed by atoms with van der Waals surface area (Å²) in [6.07, 6.45) is 6.79. The molecule has 2 N–H and O–H groups in total. The lowest BCUT2D eigenvalue weighted by molar-refractivity contribution is -0.122. The minimum atomic E-state index is -0.567. The Hall–Kier alpha value is -0.630. The Balaban J connectivity index is 2.73. The van der Waals surface area contributed by atoms with Crippen LogP contribution in [0.5, 0.6) is 0 Å². The Bertz CT molecular complexity index is 210. The summed E-state index contributed by atoms with van der Waals surface area (Å²) in [7, 11) is 0. The highest BCUT2D eigenvalue weighted by molar-refractivity contribution is 5.85. The molecule has 0 heterocycles. The van der Waals surface area contributed by atoms with Crippen molar-refractivity contribution in [1.82, 2.24) is 0 Å². The van der Waals surface area contributed by atoms with Crippen molar-refractivity contribution in [3.8, 4) is 0 Å². The Kier molecular flexibility index (Phi) is 2.68. The summed E-state index contributed by atoms with van der Waals surface area (Å²) in [4.78, 5) is 11.3. The maximum Gasteiger partial charge on any atom is 0.149 e. The molecule has 0 radical (unpaired) electrons. The van der Waals surface area contributed by atoms with Gasteiger partial charge in [0.05, 0.1) is 5.54 Å². The van der Waals surface area contributed by atoms with E-state index in [1.165, 1.54) is 0 Å². The average Bonchev–Trinajstić information content (AvgIpc) is 2.12. The number of ketones is 1. The molecule has 68 valence electrons. The van der Waals surface area contributed by atoms with E-state index >= 15 is 0 Å². The monoisotopic (exact) mass is 167 g/mol. The third-order valence-corrected chi connectivity index (χ3v) is 2.61. The van der Waals surface area contributed by atoms with Crippen molar-refractivity contribution in [1.29, 1.82) is 0 Å². The van der Waals surface area contributed by atoms with Gasteiger partial charge in [0.1, 0.15) is 5.78 Å².